The normalized spacial score (nSPS) is 16.3. The molecular formula is C14H22N4O. The van der Waals surface area contributed by atoms with Crippen LogP contribution in [0.2, 0.25) is 0 Å². The van der Waals surface area contributed by atoms with Crippen LogP contribution < -0.4 is 10.6 Å². The summed E-state index contributed by atoms with van der Waals surface area (Å²) in [5.74, 6) is -0.0344. The molecule has 19 heavy (non-hydrogen) atoms. The quantitative estimate of drug-likeness (QED) is 0.755. The molecule has 2 rings (SSSR count). The minimum Gasteiger partial charge on any atom is -0.352 e. The van der Waals surface area contributed by atoms with Crippen LogP contribution >= 0.6 is 0 Å². The monoisotopic (exact) mass is 262 g/mol. The predicted molar refractivity (Wildman–Crippen MR) is 75.2 cm³/mol. The minimum atomic E-state index is -0.0344. The fraction of sp³-hybridized carbons (Fsp3) is 0.571. The number of aromatic nitrogens is 1. The first-order chi connectivity index (χ1) is 9.25. The molecule has 1 aliphatic rings. The van der Waals surface area contributed by atoms with Gasteiger partial charge in [0, 0.05) is 44.6 Å². The van der Waals surface area contributed by atoms with E-state index in [1.807, 2.05) is 19.1 Å². The lowest BCUT2D eigenvalue weighted by molar-refractivity contribution is 0.0951. The number of nitrogens with zero attached hydrogens (tertiary/aromatic N) is 2. The first kappa shape index (κ1) is 14.0. The van der Waals surface area contributed by atoms with Crippen molar-refractivity contribution in [3.05, 3.63) is 29.6 Å². The Balaban J connectivity index is 1.64. The number of hydrogen-bond donors (Lipinski definition) is 2. The number of nitrogens with one attached hydrogen (secondary N) is 2. The first-order valence-corrected chi connectivity index (χ1v) is 6.89. The van der Waals surface area contributed by atoms with E-state index in [4.69, 9.17) is 0 Å². The van der Waals surface area contributed by atoms with Crippen molar-refractivity contribution in [3.63, 3.8) is 0 Å². The lowest BCUT2D eigenvalue weighted by atomic mass is 10.2. The third-order valence-corrected chi connectivity index (χ3v) is 3.32. The molecule has 0 unspecified atom stereocenters. The second-order valence-electron chi connectivity index (χ2n) is 4.89. The number of piperazine rings is 1. The van der Waals surface area contributed by atoms with Gasteiger partial charge >= 0.3 is 0 Å². The number of carbonyl (C=O) groups excluding carboxylic acids is 1. The Kier molecular flexibility index (Phi) is 5.30. The van der Waals surface area contributed by atoms with Gasteiger partial charge in [-0.05, 0) is 32.0 Å². The van der Waals surface area contributed by atoms with E-state index in [1.54, 1.807) is 6.20 Å². The molecule has 0 radical (unpaired) electrons. The van der Waals surface area contributed by atoms with Gasteiger partial charge in [-0.2, -0.15) is 0 Å². The third-order valence-electron chi connectivity index (χ3n) is 3.32. The molecule has 0 bridgehead atoms. The van der Waals surface area contributed by atoms with Crippen LogP contribution in [0.5, 0.6) is 0 Å². The summed E-state index contributed by atoms with van der Waals surface area (Å²) in [6, 6.07) is 3.67. The first-order valence-electron chi connectivity index (χ1n) is 6.89. The van der Waals surface area contributed by atoms with Gasteiger partial charge < -0.3 is 15.5 Å². The standard InChI is InChI=1S/C14H22N4O/c1-12-3-4-13(11-17-12)14(19)16-5-2-8-18-9-6-15-7-10-18/h3-4,11,15H,2,5-10H2,1H3,(H,16,19). The van der Waals surface area contributed by atoms with Crippen molar-refractivity contribution in [2.45, 2.75) is 13.3 Å². The van der Waals surface area contributed by atoms with Gasteiger partial charge in [0.1, 0.15) is 0 Å². The van der Waals surface area contributed by atoms with Gasteiger partial charge in [0.15, 0.2) is 0 Å². The van der Waals surface area contributed by atoms with Crippen LogP contribution in [-0.2, 0) is 0 Å². The van der Waals surface area contributed by atoms with Crippen LogP contribution in [0.25, 0.3) is 0 Å². The molecule has 104 valence electrons. The summed E-state index contributed by atoms with van der Waals surface area (Å²) in [6.45, 7) is 8.04. The molecule has 1 amide bonds. The molecule has 1 aliphatic heterocycles. The van der Waals surface area contributed by atoms with Crippen molar-refractivity contribution >= 4 is 5.91 Å². The van der Waals surface area contributed by atoms with Crippen molar-refractivity contribution in [2.24, 2.45) is 0 Å². The molecule has 0 atom stereocenters. The van der Waals surface area contributed by atoms with Crippen molar-refractivity contribution in [3.8, 4) is 0 Å². The number of aryl methyl sites for hydroxylation is 1. The maximum atomic E-state index is 11.8. The minimum absolute atomic E-state index is 0.0344. The summed E-state index contributed by atoms with van der Waals surface area (Å²) >= 11 is 0. The second-order valence-corrected chi connectivity index (χ2v) is 4.89. The molecule has 0 aromatic carbocycles. The molecule has 1 aromatic rings. The maximum Gasteiger partial charge on any atom is 0.252 e. The summed E-state index contributed by atoms with van der Waals surface area (Å²) in [7, 11) is 0. The van der Waals surface area contributed by atoms with Gasteiger partial charge in [-0.3, -0.25) is 9.78 Å². The molecule has 5 nitrogen and oxygen atoms in total. The Morgan fingerprint density at radius 3 is 2.89 bits per heavy atom. The number of rotatable bonds is 5. The molecule has 2 N–H and O–H groups in total. The summed E-state index contributed by atoms with van der Waals surface area (Å²) in [5.41, 5.74) is 1.56. The largest absolute Gasteiger partial charge is 0.352 e. The third kappa shape index (κ3) is 4.61. The van der Waals surface area contributed by atoms with E-state index in [1.165, 1.54) is 0 Å². The summed E-state index contributed by atoms with van der Waals surface area (Å²) in [5, 5.41) is 6.27. The van der Waals surface area contributed by atoms with Crippen LogP contribution in [0.4, 0.5) is 0 Å². The van der Waals surface area contributed by atoms with E-state index in [-0.39, 0.29) is 5.91 Å². The highest BCUT2D eigenvalue weighted by atomic mass is 16.1. The Labute approximate surface area is 114 Å². The van der Waals surface area contributed by atoms with Gasteiger partial charge in [-0.25, -0.2) is 0 Å². The van der Waals surface area contributed by atoms with Crippen LogP contribution in [0.15, 0.2) is 18.3 Å². The van der Waals surface area contributed by atoms with Crippen LogP contribution in [0, 0.1) is 6.92 Å². The van der Waals surface area contributed by atoms with E-state index >= 15 is 0 Å². The maximum absolute atomic E-state index is 11.8. The molecule has 1 saturated heterocycles. The van der Waals surface area contributed by atoms with E-state index in [0.717, 1.165) is 51.4 Å². The highest BCUT2D eigenvalue weighted by Gasteiger charge is 2.09. The van der Waals surface area contributed by atoms with Gasteiger partial charge in [0.2, 0.25) is 0 Å². The van der Waals surface area contributed by atoms with Crippen molar-refractivity contribution in [1.29, 1.82) is 0 Å². The molecular weight excluding hydrogens is 240 g/mol. The Morgan fingerprint density at radius 1 is 1.42 bits per heavy atom. The summed E-state index contributed by atoms with van der Waals surface area (Å²) in [4.78, 5) is 18.4. The lowest BCUT2D eigenvalue weighted by Gasteiger charge is -2.27. The van der Waals surface area contributed by atoms with Gasteiger partial charge in [0.25, 0.3) is 5.91 Å². The zero-order chi connectivity index (χ0) is 13.5. The van der Waals surface area contributed by atoms with E-state index in [2.05, 4.69) is 20.5 Å². The second kappa shape index (κ2) is 7.21. The molecule has 0 saturated carbocycles. The average Bonchev–Trinajstić information content (AvgIpc) is 2.45. The van der Waals surface area contributed by atoms with Crippen LogP contribution in [0.1, 0.15) is 22.5 Å². The fourth-order valence-corrected chi connectivity index (χ4v) is 2.14. The van der Waals surface area contributed by atoms with Gasteiger partial charge in [-0.1, -0.05) is 0 Å². The molecule has 2 heterocycles. The van der Waals surface area contributed by atoms with Crippen LogP contribution in [-0.4, -0.2) is 55.1 Å². The number of pyridine rings is 1. The predicted octanol–water partition coefficient (Wildman–Crippen LogP) is 0.415. The molecule has 5 heteroatoms. The summed E-state index contributed by atoms with van der Waals surface area (Å²) in [6.07, 6.45) is 2.62. The lowest BCUT2D eigenvalue weighted by Crippen LogP contribution is -2.44. The molecule has 1 fully saturated rings. The number of hydrogen-bond acceptors (Lipinski definition) is 4. The van der Waals surface area contributed by atoms with Crippen molar-refractivity contribution < 1.29 is 4.79 Å². The van der Waals surface area contributed by atoms with Crippen molar-refractivity contribution in [1.82, 2.24) is 20.5 Å². The fourth-order valence-electron chi connectivity index (χ4n) is 2.14. The molecule has 1 aromatic heterocycles. The van der Waals surface area contributed by atoms with Gasteiger partial charge in [-0.15, -0.1) is 0 Å². The number of carbonyl (C=O) groups is 1. The van der Waals surface area contributed by atoms with Crippen LogP contribution in [0.3, 0.4) is 0 Å². The van der Waals surface area contributed by atoms with E-state index in [0.29, 0.717) is 5.56 Å². The van der Waals surface area contributed by atoms with Crippen molar-refractivity contribution in [2.75, 3.05) is 39.3 Å². The van der Waals surface area contributed by atoms with E-state index in [9.17, 15) is 4.79 Å². The zero-order valence-electron chi connectivity index (χ0n) is 11.5. The smallest absolute Gasteiger partial charge is 0.252 e. The van der Waals surface area contributed by atoms with E-state index < -0.39 is 0 Å². The molecule has 0 spiro atoms. The average molecular weight is 262 g/mol. The zero-order valence-corrected chi connectivity index (χ0v) is 11.5. The topological polar surface area (TPSA) is 57.3 Å². The molecule has 0 aliphatic carbocycles. The Morgan fingerprint density at radius 2 is 2.21 bits per heavy atom. The highest BCUT2D eigenvalue weighted by Crippen LogP contribution is 1.99. The SMILES string of the molecule is Cc1ccc(C(=O)NCCCN2CCNCC2)cn1. The Hall–Kier alpha value is -1.46. The highest BCUT2D eigenvalue weighted by molar-refractivity contribution is 5.93. The summed E-state index contributed by atoms with van der Waals surface area (Å²) < 4.78 is 0. The van der Waals surface area contributed by atoms with Gasteiger partial charge in [0.05, 0.1) is 5.56 Å². The number of amides is 1. The Bertz CT molecular complexity index is 398.